The van der Waals surface area contributed by atoms with E-state index in [9.17, 15) is 0 Å². The van der Waals surface area contributed by atoms with Gasteiger partial charge in [-0.2, -0.15) is 0 Å². The number of hydrogen-bond acceptors (Lipinski definition) is 4. The van der Waals surface area contributed by atoms with Crippen molar-refractivity contribution in [3.05, 3.63) is 47.4 Å². The Labute approximate surface area is 112 Å². The fourth-order valence-corrected chi connectivity index (χ4v) is 2.57. The van der Waals surface area contributed by atoms with Gasteiger partial charge in [0.1, 0.15) is 11.6 Å². The van der Waals surface area contributed by atoms with Gasteiger partial charge in [0.05, 0.1) is 5.75 Å². The number of aryl methyl sites for hydroxylation is 2. The third-order valence-corrected chi connectivity index (χ3v) is 3.78. The third kappa shape index (κ3) is 3.23. The first-order valence-electron chi connectivity index (χ1n) is 5.90. The molecule has 0 saturated heterocycles. The summed E-state index contributed by atoms with van der Waals surface area (Å²) < 4.78 is 0. The van der Waals surface area contributed by atoms with E-state index < -0.39 is 0 Å². The highest BCUT2D eigenvalue weighted by molar-refractivity contribution is 7.98. The number of anilines is 1. The lowest BCUT2D eigenvalue weighted by molar-refractivity contribution is 0.996. The van der Waals surface area contributed by atoms with E-state index in [2.05, 4.69) is 46.5 Å². The van der Waals surface area contributed by atoms with Gasteiger partial charge < -0.3 is 5.32 Å². The zero-order valence-corrected chi connectivity index (χ0v) is 11.7. The van der Waals surface area contributed by atoms with E-state index in [-0.39, 0.29) is 0 Å². The minimum absolute atomic E-state index is 0.793. The Morgan fingerprint density at radius 3 is 2.67 bits per heavy atom. The van der Waals surface area contributed by atoms with E-state index >= 15 is 0 Å². The van der Waals surface area contributed by atoms with Crippen LogP contribution in [0.15, 0.2) is 35.2 Å². The minimum atomic E-state index is 0.793. The van der Waals surface area contributed by atoms with Crippen molar-refractivity contribution in [1.82, 2.24) is 9.97 Å². The van der Waals surface area contributed by atoms with Crippen LogP contribution in [-0.2, 0) is 5.75 Å². The molecule has 4 heteroatoms. The summed E-state index contributed by atoms with van der Waals surface area (Å²) in [5, 5.41) is 3.06. The topological polar surface area (TPSA) is 37.8 Å². The largest absolute Gasteiger partial charge is 0.373 e. The van der Waals surface area contributed by atoms with Gasteiger partial charge in [-0.25, -0.2) is 9.97 Å². The standard InChI is InChI=1S/C14H17N3S/c1-10-6-4-5-7-12(10)18-9-14-16-11(2)8-13(15-3)17-14/h4-8H,9H2,1-3H3,(H,15,16,17). The second-order valence-corrected chi connectivity index (χ2v) is 5.13. The molecule has 94 valence electrons. The Kier molecular flexibility index (Phi) is 4.20. The summed E-state index contributed by atoms with van der Waals surface area (Å²) >= 11 is 1.78. The van der Waals surface area contributed by atoms with Gasteiger partial charge in [0.2, 0.25) is 0 Å². The third-order valence-electron chi connectivity index (χ3n) is 2.61. The summed E-state index contributed by atoms with van der Waals surface area (Å²) in [5.41, 5.74) is 2.29. The van der Waals surface area contributed by atoms with Gasteiger partial charge >= 0.3 is 0 Å². The molecule has 0 aliphatic carbocycles. The SMILES string of the molecule is CNc1cc(C)nc(CSc2ccccc2C)n1. The zero-order valence-electron chi connectivity index (χ0n) is 10.9. The summed E-state index contributed by atoms with van der Waals surface area (Å²) in [4.78, 5) is 10.2. The molecular weight excluding hydrogens is 242 g/mol. The van der Waals surface area contributed by atoms with Crippen LogP contribution in [0.3, 0.4) is 0 Å². The lowest BCUT2D eigenvalue weighted by atomic mass is 10.2. The van der Waals surface area contributed by atoms with E-state index in [1.54, 1.807) is 11.8 Å². The van der Waals surface area contributed by atoms with Crippen LogP contribution in [0.2, 0.25) is 0 Å². The molecule has 1 N–H and O–H groups in total. The Hall–Kier alpha value is -1.55. The minimum Gasteiger partial charge on any atom is -0.373 e. The second kappa shape index (κ2) is 5.87. The number of rotatable bonds is 4. The van der Waals surface area contributed by atoms with Crippen molar-refractivity contribution in [3.63, 3.8) is 0 Å². The predicted octanol–water partition coefficient (Wildman–Crippen LogP) is 3.43. The summed E-state index contributed by atoms with van der Waals surface area (Å²) in [6.45, 7) is 4.11. The average molecular weight is 259 g/mol. The highest BCUT2D eigenvalue weighted by Gasteiger charge is 2.03. The van der Waals surface area contributed by atoms with E-state index in [1.165, 1.54) is 10.5 Å². The van der Waals surface area contributed by atoms with Gasteiger partial charge in [-0.05, 0) is 25.5 Å². The smallest absolute Gasteiger partial charge is 0.141 e. The Morgan fingerprint density at radius 1 is 1.17 bits per heavy atom. The monoisotopic (exact) mass is 259 g/mol. The van der Waals surface area contributed by atoms with Crippen LogP contribution in [0.25, 0.3) is 0 Å². The molecule has 0 fully saturated rings. The van der Waals surface area contributed by atoms with Gasteiger partial charge in [0.15, 0.2) is 0 Å². The number of aromatic nitrogens is 2. The maximum absolute atomic E-state index is 4.45. The summed E-state index contributed by atoms with van der Waals surface area (Å²) in [6, 6.07) is 10.3. The fourth-order valence-electron chi connectivity index (χ4n) is 1.68. The maximum Gasteiger partial charge on any atom is 0.141 e. The van der Waals surface area contributed by atoms with Gasteiger partial charge in [0.25, 0.3) is 0 Å². The van der Waals surface area contributed by atoms with E-state index in [0.29, 0.717) is 0 Å². The van der Waals surface area contributed by atoms with Crippen molar-refractivity contribution in [3.8, 4) is 0 Å². The van der Waals surface area contributed by atoms with E-state index in [1.807, 2.05) is 20.0 Å². The van der Waals surface area contributed by atoms with Crippen LogP contribution >= 0.6 is 11.8 Å². The van der Waals surface area contributed by atoms with Gasteiger partial charge in [-0.1, -0.05) is 18.2 Å². The first-order chi connectivity index (χ1) is 8.69. The first-order valence-corrected chi connectivity index (χ1v) is 6.88. The molecule has 0 spiro atoms. The molecule has 0 atom stereocenters. The Bertz CT molecular complexity index is 540. The molecule has 0 radical (unpaired) electrons. The highest BCUT2D eigenvalue weighted by atomic mass is 32.2. The number of benzene rings is 1. The van der Waals surface area contributed by atoms with Gasteiger partial charge in [0, 0.05) is 23.7 Å². The lowest BCUT2D eigenvalue weighted by Gasteiger charge is -2.07. The van der Waals surface area contributed by atoms with Crippen molar-refractivity contribution in [2.24, 2.45) is 0 Å². The van der Waals surface area contributed by atoms with Crippen LogP contribution in [0.5, 0.6) is 0 Å². The van der Waals surface area contributed by atoms with Crippen molar-refractivity contribution in [1.29, 1.82) is 0 Å². The molecule has 2 rings (SSSR count). The molecule has 18 heavy (non-hydrogen) atoms. The van der Waals surface area contributed by atoms with Crippen molar-refractivity contribution >= 4 is 17.6 Å². The number of nitrogens with zero attached hydrogens (tertiary/aromatic N) is 2. The molecule has 2 aromatic rings. The average Bonchev–Trinajstić information content (AvgIpc) is 2.37. The van der Waals surface area contributed by atoms with Crippen LogP contribution in [0, 0.1) is 13.8 Å². The first kappa shape index (κ1) is 12.9. The second-order valence-electron chi connectivity index (χ2n) is 4.11. The highest BCUT2D eigenvalue weighted by Crippen LogP contribution is 2.24. The molecule has 0 aliphatic rings. The Balaban J connectivity index is 2.11. The fraction of sp³-hybridized carbons (Fsp3) is 0.286. The van der Waals surface area contributed by atoms with Crippen LogP contribution < -0.4 is 5.32 Å². The number of nitrogens with one attached hydrogen (secondary N) is 1. The van der Waals surface area contributed by atoms with Crippen LogP contribution in [-0.4, -0.2) is 17.0 Å². The summed E-state index contributed by atoms with van der Waals surface area (Å²) in [7, 11) is 1.88. The molecule has 1 heterocycles. The lowest BCUT2D eigenvalue weighted by Crippen LogP contribution is -2.00. The molecule has 1 aromatic heterocycles. The summed E-state index contributed by atoms with van der Waals surface area (Å²) in [6.07, 6.45) is 0. The maximum atomic E-state index is 4.45. The zero-order chi connectivity index (χ0) is 13.0. The van der Waals surface area contributed by atoms with Crippen LogP contribution in [0.4, 0.5) is 5.82 Å². The molecule has 0 aliphatic heterocycles. The van der Waals surface area contributed by atoms with E-state index in [0.717, 1.165) is 23.1 Å². The molecule has 0 unspecified atom stereocenters. The molecule has 0 saturated carbocycles. The van der Waals surface area contributed by atoms with Crippen molar-refractivity contribution < 1.29 is 0 Å². The molecule has 0 bridgehead atoms. The van der Waals surface area contributed by atoms with E-state index in [4.69, 9.17) is 0 Å². The molecule has 1 aromatic carbocycles. The normalized spacial score (nSPS) is 10.4. The molecule has 0 amide bonds. The Morgan fingerprint density at radius 2 is 1.94 bits per heavy atom. The van der Waals surface area contributed by atoms with Gasteiger partial charge in [-0.15, -0.1) is 11.8 Å². The van der Waals surface area contributed by atoms with Crippen LogP contribution in [0.1, 0.15) is 17.1 Å². The van der Waals surface area contributed by atoms with Crippen molar-refractivity contribution in [2.75, 3.05) is 12.4 Å². The number of thioether (sulfide) groups is 1. The van der Waals surface area contributed by atoms with Crippen molar-refractivity contribution in [2.45, 2.75) is 24.5 Å². The number of hydrogen-bond donors (Lipinski definition) is 1. The quantitative estimate of drug-likeness (QED) is 0.854. The predicted molar refractivity (Wildman–Crippen MR) is 77.1 cm³/mol. The molecule has 3 nitrogen and oxygen atoms in total. The molecular formula is C14H17N3S. The summed E-state index contributed by atoms with van der Waals surface area (Å²) in [5.74, 6) is 2.54. The van der Waals surface area contributed by atoms with Gasteiger partial charge in [-0.3, -0.25) is 0 Å².